The molecule has 2 aliphatic carbocycles. The van der Waals surface area contributed by atoms with E-state index in [9.17, 15) is 4.79 Å². The van der Waals surface area contributed by atoms with Crippen molar-refractivity contribution in [3.8, 4) is 11.4 Å². The van der Waals surface area contributed by atoms with Gasteiger partial charge in [0, 0.05) is 42.3 Å². The molecule has 1 unspecified atom stereocenters. The van der Waals surface area contributed by atoms with Gasteiger partial charge < -0.3 is 20.0 Å². The number of allylic oxidation sites excluding steroid dienone is 1. The largest absolute Gasteiger partial charge is 0.444 e. The first kappa shape index (κ1) is 25.7. The number of carbonyl (C=O) groups is 1. The highest BCUT2D eigenvalue weighted by Gasteiger charge is 2.34. The topological polar surface area (TPSA) is 144 Å². The highest BCUT2D eigenvalue weighted by Crippen LogP contribution is 2.37. The van der Waals surface area contributed by atoms with Gasteiger partial charge in [-0.15, -0.1) is 0 Å². The van der Waals surface area contributed by atoms with Gasteiger partial charge in [0.1, 0.15) is 23.6 Å². The molecule has 2 aliphatic rings. The van der Waals surface area contributed by atoms with Crippen molar-refractivity contribution in [2.45, 2.75) is 84.9 Å². The minimum atomic E-state index is -0.586. The fraction of sp³-hybridized carbons (Fsp3) is 0.519. The van der Waals surface area contributed by atoms with Crippen molar-refractivity contribution in [3.05, 3.63) is 35.8 Å². The summed E-state index contributed by atoms with van der Waals surface area (Å²) in [4.78, 5) is 35.1. The van der Waals surface area contributed by atoms with Gasteiger partial charge >= 0.3 is 6.09 Å². The van der Waals surface area contributed by atoms with E-state index < -0.39 is 11.7 Å². The van der Waals surface area contributed by atoms with Crippen LogP contribution in [0, 0.1) is 18.3 Å². The number of fused-ring (bicyclic) bond motifs is 1. The molecule has 0 saturated heterocycles. The van der Waals surface area contributed by atoms with Crippen molar-refractivity contribution in [1.29, 1.82) is 5.41 Å². The first-order chi connectivity index (χ1) is 18.1. The van der Waals surface area contributed by atoms with Crippen molar-refractivity contribution in [2.75, 3.05) is 5.32 Å². The molecule has 1 amide bonds. The third kappa shape index (κ3) is 5.51. The minimum absolute atomic E-state index is 0.0318. The maximum Gasteiger partial charge on any atom is 0.411 e. The number of aromatic nitrogens is 6. The van der Waals surface area contributed by atoms with E-state index in [1.165, 1.54) is 0 Å². The summed E-state index contributed by atoms with van der Waals surface area (Å²) >= 11 is 0. The lowest BCUT2D eigenvalue weighted by Gasteiger charge is -2.29. The van der Waals surface area contributed by atoms with Crippen LogP contribution in [0.1, 0.15) is 65.6 Å². The lowest BCUT2D eigenvalue weighted by Crippen LogP contribution is -2.36. The number of anilines is 1. The third-order valence-electron chi connectivity index (χ3n) is 6.75. The van der Waals surface area contributed by atoms with Crippen molar-refractivity contribution in [2.24, 2.45) is 5.92 Å². The summed E-state index contributed by atoms with van der Waals surface area (Å²) in [7, 11) is 0. The van der Waals surface area contributed by atoms with Crippen LogP contribution in [-0.2, 0) is 11.3 Å². The van der Waals surface area contributed by atoms with Crippen LogP contribution in [0.4, 0.5) is 10.6 Å². The molecule has 0 aliphatic heterocycles. The van der Waals surface area contributed by atoms with E-state index >= 15 is 0 Å². The first-order valence-corrected chi connectivity index (χ1v) is 13.2. The van der Waals surface area contributed by atoms with Crippen molar-refractivity contribution in [1.82, 2.24) is 34.8 Å². The Morgan fingerprint density at radius 3 is 2.55 bits per heavy atom. The molecule has 0 aromatic carbocycles. The average Bonchev–Trinajstić information content (AvgIpc) is 3.64. The number of imidazole rings is 1. The number of rotatable bonds is 7. The zero-order valence-corrected chi connectivity index (χ0v) is 22.6. The molecular formula is C27H35N9O2. The average molecular weight is 518 g/mol. The van der Waals surface area contributed by atoms with Gasteiger partial charge in [0.05, 0.1) is 5.56 Å². The molecule has 0 radical (unpaired) electrons. The Kier molecular flexibility index (Phi) is 6.85. The number of hydrogen-bond acceptors (Lipinski definition) is 9. The predicted molar refractivity (Wildman–Crippen MR) is 145 cm³/mol. The number of carbonyl (C=O) groups excluding carboxylic acids is 1. The van der Waals surface area contributed by atoms with E-state index in [1.54, 1.807) is 18.7 Å². The molecule has 0 bridgehead atoms. The second-order valence-corrected chi connectivity index (χ2v) is 10.9. The fourth-order valence-electron chi connectivity index (χ4n) is 4.78. The van der Waals surface area contributed by atoms with Crippen LogP contribution in [-0.4, -0.2) is 52.9 Å². The van der Waals surface area contributed by atoms with Crippen LogP contribution in [0.2, 0.25) is 0 Å². The van der Waals surface area contributed by atoms with Crippen molar-refractivity contribution in [3.63, 3.8) is 0 Å². The van der Waals surface area contributed by atoms with Crippen LogP contribution in [0.5, 0.6) is 0 Å². The molecule has 38 heavy (non-hydrogen) atoms. The summed E-state index contributed by atoms with van der Waals surface area (Å²) < 4.78 is 7.51. The molecule has 11 nitrogen and oxygen atoms in total. The molecule has 3 aromatic heterocycles. The smallest absolute Gasteiger partial charge is 0.411 e. The lowest BCUT2D eigenvalue weighted by molar-refractivity contribution is 0.0542. The second kappa shape index (κ2) is 10.1. The van der Waals surface area contributed by atoms with Gasteiger partial charge in [0.15, 0.2) is 17.0 Å². The summed E-state index contributed by atoms with van der Waals surface area (Å²) in [6.07, 6.45) is 8.67. The van der Waals surface area contributed by atoms with Crippen LogP contribution < -0.4 is 10.6 Å². The molecule has 0 spiro atoms. The fourth-order valence-corrected chi connectivity index (χ4v) is 4.78. The Hall–Kier alpha value is -3.89. The van der Waals surface area contributed by atoms with Gasteiger partial charge in [-0.1, -0.05) is 0 Å². The van der Waals surface area contributed by atoms with Gasteiger partial charge in [0.2, 0.25) is 0 Å². The normalized spacial score (nSPS) is 18.0. The van der Waals surface area contributed by atoms with Gasteiger partial charge in [0.25, 0.3) is 0 Å². The number of aryl methyl sites for hydroxylation is 2. The minimum Gasteiger partial charge on any atom is -0.444 e. The molecule has 3 heterocycles. The Bertz CT molecular complexity index is 1400. The molecule has 200 valence electrons. The number of nitrogens with zero attached hydrogens (tertiary/aromatic N) is 6. The van der Waals surface area contributed by atoms with E-state index in [0.29, 0.717) is 42.3 Å². The van der Waals surface area contributed by atoms with E-state index in [1.807, 2.05) is 32.3 Å². The first-order valence-electron chi connectivity index (χ1n) is 13.2. The Balaban J connectivity index is 1.41. The summed E-state index contributed by atoms with van der Waals surface area (Å²) in [5.41, 5.74) is 3.96. The van der Waals surface area contributed by atoms with E-state index in [-0.39, 0.29) is 12.0 Å². The molecule has 11 heteroatoms. The SMILES string of the molecule is CCn1c(-c2cnc(C)nc2)nc2c(NC3CCC(NC(=O)OC(C)(C)C)=C(C(=N)C4CC4)C3)ncnc21. The van der Waals surface area contributed by atoms with Gasteiger partial charge in [-0.2, -0.15) is 0 Å². The Labute approximate surface area is 222 Å². The Morgan fingerprint density at radius 2 is 1.89 bits per heavy atom. The van der Waals surface area contributed by atoms with Gasteiger partial charge in [-0.05, 0) is 72.3 Å². The molecule has 1 fully saturated rings. The molecule has 1 saturated carbocycles. The third-order valence-corrected chi connectivity index (χ3v) is 6.75. The number of nitrogens with one attached hydrogen (secondary N) is 3. The summed E-state index contributed by atoms with van der Waals surface area (Å²) in [5, 5.41) is 15.3. The quantitative estimate of drug-likeness (QED) is 0.380. The monoisotopic (exact) mass is 517 g/mol. The molecule has 5 rings (SSSR count). The zero-order chi connectivity index (χ0) is 27.0. The van der Waals surface area contributed by atoms with Crippen molar-refractivity contribution >= 4 is 28.8 Å². The molecule has 3 N–H and O–H groups in total. The van der Waals surface area contributed by atoms with Crippen LogP contribution in [0.15, 0.2) is 30.0 Å². The standard InChI is InChI=1S/C27H35N9O2/c1-6-36-24(17-12-29-15(2)30-13-17)35-22-23(31-14-32-25(22)36)33-18-9-10-20(34-26(37)38-27(3,4)5)19(11-18)21(28)16-7-8-16/h12-14,16,18,28H,6-11H2,1-5H3,(H,34,37)(H,31,32,33). The molecular weight excluding hydrogens is 482 g/mol. The summed E-state index contributed by atoms with van der Waals surface area (Å²) in [6.45, 7) is 10.1. The highest BCUT2D eigenvalue weighted by atomic mass is 16.6. The summed E-state index contributed by atoms with van der Waals surface area (Å²) in [5.74, 6) is 2.37. The van der Waals surface area contributed by atoms with Crippen LogP contribution in [0.25, 0.3) is 22.6 Å². The molecule has 3 aromatic rings. The van der Waals surface area contributed by atoms with Gasteiger partial charge in [-0.3, -0.25) is 5.32 Å². The predicted octanol–water partition coefficient (Wildman–Crippen LogP) is 4.78. The zero-order valence-electron chi connectivity index (χ0n) is 22.6. The number of hydrogen-bond donors (Lipinski definition) is 3. The second-order valence-electron chi connectivity index (χ2n) is 10.9. The van der Waals surface area contributed by atoms with E-state index in [2.05, 4.69) is 37.5 Å². The van der Waals surface area contributed by atoms with Gasteiger partial charge in [-0.25, -0.2) is 29.7 Å². The van der Waals surface area contributed by atoms with E-state index in [0.717, 1.165) is 47.6 Å². The number of alkyl carbamates (subject to hydrolysis) is 1. The maximum atomic E-state index is 12.5. The van der Waals surface area contributed by atoms with Crippen molar-refractivity contribution < 1.29 is 9.53 Å². The number of ether oxygens (including phenoxy) is 1. The van der Waals surface area contributed by atoms with Crippen LogP contribution >= 0.6 is 0 Å². The molecule has 1 atom stereocenters. The number of amides is 1. The summed E-state index contributed by atoms with van der Waals surface area (Å²) in [6, 6.07) is 0.0318. The highest BCUT2D eigenvalue weighted by molar-refractivity contribution is 6.02. The lowest BCUT2D eigenvalue weighted by atomic mass is 9.87. The van der Waals surface area contributed by atoms with Crippen LogP contribution in [0.3, 0.4) is 0 Å². The maximum absolute atomic E-state index is 12.5. The Morgan fingerprint density at radius 1 is 1.16 bits per heavy atom. The van der Waals surface area contributed by atoms with E-state index in [4.69, 9.17) is 15.1 Å².